The predicted molar refractivity (Wildman–Crippen MR) is 119 cm³/mol. The van der Waals surface area contributed by atoms with E-state index in [0.717, 1.165) is 65.1 Å². The molecule has 5 rings (SSSR count). The molecule has 1 N–H and O–H groups in total. The summed E-state index contributed by atoms with van der Waals surface area (Å²) in [5, 5.41) is 7.22. The first-order chi connectivity index (χ1) is 15.5. The van der Waals surface area contributed by atoms with Crippen molar-refractivity contribution in [3.63, 3.8) is 0 Å². The normalized spacial score (nSPS) is 24.5. The van der Waals surface area contributed by atoms with E-state index in [1.165, 1.54) is 0 Å². The van der Waals surface area contributed by atoms with E-state index in [-0.39, 0.29) is 18.6 Å². The highest BCUT2D eigenvalue weighted by atomic mass is 16.5. The number of imidazole rings is 1. The summed E-state index contributed by atoms with van der Waals surface area (Å²) in [4.78, 5) is 17.3. The number of carbonyl (C=O) groups is 1. The van der Waals surface area contributed by atoms with E-state index in [1.807, 2.05) is 13.8 Å². The Morgan fingerprint density at radius 3 is 2.69 bits per heavy atom. The van der Waals surface area contributed by atoms with Crippen molar-refractivity contribution >= 4 is 16.9 Å². The number of rotatable bonds is 4. The lowest BCUT2D eigenvalue weighted by Gasteiger charge is -2.31. The molecule has 2 aromatic heterocycles. The largest absolute Gasteiger partial charge is 0.381 e. The maximum absolute atomic E-state index is 12.2. The Morgan fingerprint density at radius 1 is 1.16 bits per heavy atom. The van der Waals surface area contributed by atoms with Gasteiger partial charge < -0.3 is 23.9 Å². The van der Waals surface area contributed by atoms with Crippen molar-refractivity contribution in [2.24, 2.45) is 0 Å². The second-order valence-electron chi connectivity index (χ2n) is 8.87. The highest BCUT2D eigenvalue weighted by Gasteiger charge is 2.30. The van der Waals surface area contributed by atoms with Crippen molar-refractivity contribution in [2.45, 2.75) is 64.1 Å². The maximum atomic E-state index is 12.2. The molecule has 0 bridgehead atoms. The van der Waals surface area contributed by atoms with E-state index in [4.69, 9.17) is 19.0 Å². The third-order valence-corrected chi connectivity index (χ3v) is 6.81. The summed E-state index contributed by atoms with van der Waals surface area (Å²) in [5.41, 5.74) is 4.94. The fourth-order valence-electron chi connectivity index (χ4n) is 5.20. The summed E-state index contributed by atoms with van der Waals surface area (Å²) >= 11 is 0. The quantitative estimate of drug-likeness (QED) is 0.662. The van der Waals surface area contributed by atoms with E-state index in [0.29, 0.717) is 25.2 Å². The Labute approximate surface area is 187 Å². The molecular weight excluding hydrogens is 408 g/mol. The summed E-state index contributed by atoms with van der Waals surface area (Å²) in [6, 6.07) is 6.53. The van der Waals surface area contributed by atoms with Gasteiger partial charge in [0.15, 0.2) is 0 Å². The van der Waals surface area contributed by atoms with Crippen LogP contribution >= 0.6 is 0 Å². The molecule has 8 nitrogen and oxygen atoms in total. The van der Waals surface area contributed by atoms with Gasteiger partial charge in [0.2, 0.25) is 5.91 Å². The number of ether oxygens (including phenoxy) is 2. The molecule has 0 spiro atoms. The van der Waals surface area contributed by atoms with Crippen LogP contribution in [0.4, 0.5) is 0 Å². The number of fused-ring (bicyclic) bond motifs is 1. The summed E-state index contributed by atoms with van der Waals surface area (Å²) in [5.74, 6) is 1.62. The van der Waals surface area contributed by atoms with Crippen molar-refractivity contribution in [2.75, 3.05) is 20.3 Å². The van der Waals surface area contributed by atoms with Gasteiger partial charge in [-0.3, -0.25) is 4.79 Å². The number of aromatic nitrogens is 3. The predicted octanol–water partition coefficient (Wildman–Crippen LogP) is 4.02. The van der Waals surface area contributed by atoms with Gasteiger partial charge in [-0.2, -0.15) is 0 Å². The van der Waals surface area contributed by atoms with E-state index in [9.17, 15) is 4.79 Å². The first kappa shape index (κ1) is 21.2. The Bertz CT molecular complexity index is 1110. The first-order valence-corrected chi connectivity index (χ1v) is 11.4. The Kier molecular flexibility index (Phi) is 5.73. The lowest BCUT2D eigenvalue weighted by Crippen LogP contribution is -2.32. The van der Waals surface area contributed by atoms with Crippen LogP contribution in [-0.4, -0.2) is 47.0 Å². The SMILES string of the molecule is CO[C@H]1CC[C@H](n2c([C@@H]3CCOCC(=O)N3)nc3cc(-c4c(C)noc4C)ccc32)CC1. The van der Waals surface area contributed by atoms with Gasteiger partial charge in [0.25, 0.3) is 0 Å². The van der Waals surface area contributed by atoms with Gasteiger partial charge in [0, 0.05) is 25.3 Å². The van der Waals surface area contributed by atoms with Crippen LogP contribution in [0.25, 0.3) is 22.2 Å². The average Bonchev–Trinajstić information content (AvgIpc) is 3.26. The third-order valence-electron chi connectivity index (χ3n) is 6.81. The molecule has 1 saturated heterocycles. The fraction of sp³-hybridized carbons (Fsp3) is 0.542. The van der Waals surface area contributed by atoms with Gasteiger partial charge in [0.05, 0.1) is 28.9 Å². The van der Waals surface area contributed by atoms with E-state index in [2.05, 4.69) is 33.2 Å². The molecule has 3 aromatic rings. The number of methoxy groups -OCH3 is 1. The van der Waals surface area contributed by atoms with Crippen LogP contribution in [0.5, 0.6) is 0 Å². The van der Waals surface area contributed by atoms with Gasteiger partial charge in [-0.1, -0.05) is 11.2 Å². The molecule has 8 heteroatoms. The molecule has 3 heterocycles. The summed E-state index contributed by atoms with van der Waals surface area (Å²) in [7, 11) is 1.79. The van der Waals surface area contributed by atoms with Gasteiger partial charge >= 0.3 is 0 Å². The molecule has 32 heavy (non-hydrogen) atoms. The van der Waals surface area contributed by atoms with Crippen molar-refractivity contribution in [3.05, 3.63) is 35.5 Å². The highest BCUT2D eigenvalue weighted by Crippen LogP contribution is 2.37. The third kappa shape index (κ3) is 3.82. The highest BCUT2D eigenvalue weighted by molar-refractivity contribution is 5.84. The van der Waals surface area contributed by atoms with Gasteiger partial charge in [0.1, 0.15) is 18.2 Å². The zero-order chi connectivity index (χ0) is 22.2. The average molecular weight is 439 g/mol. The molecule has 1 saturated carbocycles. The lowest BCUT2D eigenvalue weighted by molar-refractivity contribution is -0.124. The topological polar surface area (TPSA) is 91.4 Å². The standard InChI is InChI=1S/C24H30N4O4/c1-14-23(15(2)32-27-14)16-4-9-21-20(12-16)26-24(19-10-11-31-13-22(29)25-19)28(21)17-5-7-18(30-3)8-6-17/h4,9,12,17-19H,5-8,10-11,13H2,1-3H3,(H,25,29)/t17-,18-,19-/m0/s1. The maximum Gasteiger partial charge on any atom is 0.246 e. The zero-order valence-electron chi connectivity index (χ0n) is 18.9. The molecule has 1 amide bonds. The smallest absolute Gasteiger partial charge is 0.246 e. The number of nitrogens with one attached hydrogen (secondary N) is 1. The van der Waals surface area contributed by atoms with Crippen molar-refractivity contribution in [3.8, 4) is 11.1 Å². The molecule has 1 aliphatic carbocycles. The Hall–Kier alpha value is -2.71. The minimum absolute atomic E-state index is 0.0920. The van der Waals surface area contributed by atoms with Crippen LogP contribution in [0.3, 0.4) is 0 Å². The molecule has 0 unspecified atom stereocenters. The van der Waals surface area contributed by atoms with Crippen LogP contribution in [-0.2, 0) is 14.3 Å². The summed E-state index contributed by atoms with van der Waals surface area (Å²) < 4.78 is 18.8. The summed E-state index contributed by atoms with van der Waals surface area (Å²) in [6.45, 7) is 4.52. The van der Waals surface area contributed by atoms with E-state index in [1.54, 1.807) is 7.11 Å². The van der Waals surface area contributed by atoms with Gasteiger partial charge in [-0.25, -0.2) is 4.98 Å². The van der Waals surface area contributed by atoms with Crippen LogP contribution in [0.2, 0.25) is 0 Å². The van der Waals surface area contributed by atoms with Gasteiger partial charge in [-0.05, 0) is 63.6 Å². The van der Waals surface area contributed by atoms with E-state index >= 15 is 0 Å². The Balaban J connectivity index is 1.60. The minimum atomic E-state index is -0.167. The second kappa shape index (κ2) is 8.67. The second-order valence-corrected chi connectivity index (χ2v) is 8.87. The number of benzene rings is 1. The van der Waals surface area contributed by atoms with Crippen molar-refractivity contribution in [1.82, 2.24) is 20.0 Å². The van der Waals surface area contributed by atoms with Crippen LogP contribution in [0.1, 0.15) is 61.5 Å². The molecule has 1 aliphatic heterocycles. The molecule has 1 aromatic carbocycles. The molecule has 170 valence electrons. The monoisotopic (exact) mass is 438 g/mol. The first-order valence-electron chi connectivity index (χ1n) is 11.4. The molecule has 2 fully saturated rings. The number of hydrogen-bond donors (Lipinski definition) is 1. The minimum Gasteiger partial charge on any atom is -0.381 e. The zero-order valence-corrected chi connectivity index (χ0v) is 18.9. The molecule has 0 radical (unpaired) electrons. The number of nitrogens with zero attached hydrogens (tertiary/aromatic N) is 3. The van der Waals surface area contributed by atoms with Crippen LogP contribution in [0.15, 0.2) is 22.7 Å². The van der Waals surface area contributed by atoms with Crippen LogP contribution in [0, 0.1) is 13.8 Å². The van der Waals surface area contributed by atoms with Crippen LogP contribution < -0.4 is 5.32 Å². The molecular formula is C24H30N4O4. The summed E-state index contributed by atoms with van der Waals surface area (Å²) in [6.07, 6.45) is 5.13. The van der Waals surface area contributed by atoms with E-state index < -0.39 is 0 Å². The molecule has 1 atom stereocenters. The molecule has 2 aliphatic rings. The number of hydrogen-bond acceptors (Lipinski definition) is 6. The van der Waals surface area contributed by atoms with Gasteiger partial charge in [-0.15, -0.1) is 0 Å². The van der Waals surface area contributed by atoms with Crippen molar-refractivity contribution in [1.29, 1.82) is 0 Å². The van der Waals surface area contributed by atoms with Crippen molar-refractivity contribution < 1.29 is 18.8 Å². The number of amides is 1. The number of carbonyl (C=O) groups excluding carboxylic acids is 1. The Morgan fingerprint density at radius 2 is 1.97 bits per heavy atom. The lowest BCUT2D eigenvalue weighted by atomic mass is 9.92. The number of aryl methyl sites for hydroxylation is 2. The fourth-order valence-corrected chi connectivity index (χ4v) is 5.20.